The fraction of sp³-hybridized carbons (Fsp3) is 0.455. The van der Waals surface area contributed by atoms with Crippen LogP contribution in [0.15, 0.2) is 42.5 Å². The Hall–Kier alpha value is -2.00. The van der Waals surface area contributed by atoms with Crippen LogP contribution in [0.4, 0.5) is 0 Å². The topological polar surface area (TPSA) is 30.5 Å². The molecule has 25 heavy (non-hydrogen) atoms. The Morgan fingerprint density at radius 1 is 0.880 bits per heavy atom. The van der Waals surface area contributed by atoms with Crippen LogP contribution in [-0.4, -0.2) is 13.7 Å². The average Bonchev–Trinajstić information content (AvgIpc) is 2.64. The lowest BCUT2D eigenvalue weighted by atomic mass is 10.1. The summed E-state index contributed by atoms with van der Waals surface area (Å²) in [6, 6.07) is 14.6. The lowest BCUT2D eigenvalue weighted by Crippen LogP contribution is -2.14. The molecule has 2 aromatic carbocycles. The molecule has 0 bridgehead atoms. The van der Waals surface area contributed by atoms with Crippen LogP contribution in [-0.2, 0) is 13.2 Å². The van der Waals surface area contributed by atoms with Crippen LogP contribution in [0.3, 0.4) is 0 Å². The minimum Gasteiger partial charge on any atom is -0.493 e. The van der Waals surface area contributed by atoms with Crippen molar-refractivity contribution in [1.29, 1.82) is 0 Å². The van der Waals surface area contributed by atoms with Crippen molar-refractivity contribution in [3.63, 3.8) is 0 Å². The van der Waals surface area contributed by atoms with Crippen LogP contribution in [0.2, 0.25) is 0 Å². The van der Waals surface area contributed by atoms with Gasteiger partial charge in [0.2, 0.25) is 0 Å². The summed E-state index contributed by atoms with van der Waals surface area (Å²) in [6.45, 7) is 6.80. The molecule has 0 aliphatic heterocycles. The van der Waals surface area contributed by atoms with Gasteiger partial charge in [-0.25, -0.2) is 0 Å². The first kappa shape index (κ1) is 19.3. The van der Waals surface area contributed by atoms with Gasteiger partial charge in [-0.3, -0.25) is 0 Å². The number of methoxy groups -OCH3 is 1. The lowest BCUT2D eigenvalue weighted by molar-refractivity contribution is 0.284. The third kappa shape index (κ3) is 6.79. The summed E-state index contributed by atoms with van der Waals surface area (Å²) < 4.78 is 11.4. The van der Waals surface area contributed by atoms with E-state index in [1.54, 1.807) is 7.11 Å². The summed E-state index contributed by atoms with van der Waals surface area (Å²) in [7, 11) is 1.69. The van der Waals surface area contributed by atoms with Crippen LogP contribution in [0, 0.1) is 6.92 Å². The molecule has 136 valence electrons. The molecule has 0 saturated carbocycles. The molecule has 3 heteroatoms. The summed E-state index contributed by atoms with van der Waals surface area (Å²) >= 11 is 0. The van der Waals surface area contributed by atoms with Gasteiger partial charge >= 0.3 is 0 Å². The fourth-order valence-electron chi connectivity index (χ4n) is 2.70. The van der Waals surface area contributed by atoms with Gasteiger partial charge < -0.3 is 14.8 Å². The molecule has 2 rings (SSSR count). The van der Waals surface area contributed by atoms with Crippen LogP contribution >= 0.6 is 0 Å². The van der Waals surface area contributed by atoms with Crippen molar-refractivity contribution in [2.24, 2.45) is 0 Å². The lowest BCUT2D eigenvalue weighted by Gasteiger charge is -2.13. The van der Waals surface area contributed by atoms with Crippen molar-refractivity contribution >= 4 is 0 Å². The van der Waals surface area contributed by atoms with Crippen LogP contribution in [0.5, 0.6) is 11.5 Å². The normalized spacial score (nSPS) is 10.7. The van der Waals surface area contributed by atoms with E-state index in [1.807, 2.05) is 6.07 Å². The van der Waals surface area contributed by atoms with Crippen molar-refractivity contribution < 1.29 is 9.47 Å². The zero-order valence-electron chi connectivity index (χ0n) is 15.8. The first-order valence-corrected chi connectivity index (χ1v) is 9.29. The molecule has 0 amide bonds. The minimum absolute atomic E-state index is 0.547. The predicted octanol–water partition coefficient (Wildman–Crippen LogP) is 5.25. The van der Waals surface area contributed by atoms with E-state index in [-0.39, 0.29) is 0 Å². The zero-order valence-corrected chi connectivity index (χ0v) is 15.8. The van der Waals surface area contributed by atoms with Gasteiger partial charge in [0, 0.05) is 6.54 Å². The minimum atomic E-state index is 0.547. The molecule has 2 aromatic rings. The van der Waals surface area contributed by atoms with Crippen LogP contribution < -0.4 is 14.8 Å². The van der Waals surface area contributed by atoms with Gasteiger partial charge in [0.05, 0.1) is 7.11 Å². The summed E-state index contributed by atoms with van der Waals surface area (Å²) in [5.41, 5.74) is 3.63. The predicted molar refractivity (Wildman–Crippen MR) is 104 cm³/mol. The van der Waals surface area contributed by atoms with Gasteiger partial charge in [0.25, 0.3) is 0 Å². The number of unbranched alkanes of at least 4 members (excludes halogenated alkanes) is 3. The Bertz CT molecular complexity index is 622. The van der Waals surface area contributed by atoms with E-state index >= 15 is 0 Å². The van der Waals surface area contributed by atoms with E-state index < -0.39 is 0 Å². The van der Waals surface area contributed by atoms with E-state index in [4.69, 9.17) is 9.47 Å². The monoisotopic (exact) mass is 341 g/mol. The number of nitrogens with one attached hydrogen (secondary N) is 1. The maximum Gasteiger partial charge on any atom is 0.161 e. The Morgan fingerprint density at radius 3 is 2.36 bits per heavy atom. The molecule has 3 nitrogen and oxygen atoms in total. The highest BCUT2D eigenvalue weighted by Crippen LogP contribution is 2.28. The molecule has 0 aromatic heterocycles. The molecule has 0 heterocycles. The first-order chi connectivity index (χ1) is 12.2. The zero-order chi connectivity index (χ0) is 17.9. The number of benzene rings is 2. The quantitative estimate of drug-likeness (QED) is 0.566. The maximum atomic E-state index is 5.93. The van der Waals surface area contributed by atoms with Crippen molar-refractivity contribution in [2.45, 2.75) is 52.7 Å². The summed E-state index contributed by atoms with van der Waals surface area (Å²) in [6.07, 6.45) is 5.14. The molecule has 0 fully saturated rings. The summed E-state index contributed by atoms with van der Waals surface area (Å²) in [5, 5.41) is 3.50. The molecule has 0 saturated heterocycles. The van der Waals surface area contributed by atoms with Gasteiger partial charge in [-0.05, 0) is 43.1 Å². The molecule has 0 spiro atoms. The third-order valence-corrected chi connectivity index (χ3v) is 4.28. The van der Waals surface area contributed by atoms with Crippen molar-refractivity contribution in [3.8, 4) is 11.5 Å². The van der Waals surface area contributed by atoms with Gasteiger partial charge in [-0.2, -0.15) is 0 Å². The fourth-order valence-corrected chi connectivity index (χ4v) is 2.70. The number of hydrogen-bond donors (Lipinski definition) is 1. The van der Waals surface area contributed by atoms with E-state index in [0.29, 0.717) is 6.61 Å². The van der Waals surface area contributed by atoms with Gasteiger partial charge in [-0.15, -0.1) is 0 Å². The second kappa shape index (κ2) is 10.8. The SMILES string of the molecule is CCCCCCNCc1ccc(OCc2ccc(C)cc2)c(OC)c1. The average molecular weight is 341 g/mol. The van der Waals surface area contributed by atoms with Gasteiger partial charge in [0.15, 0.2) is 11.5 Å². The molecule has 0 aliphatic rings. The van der Waals surface area contributed by atoms with Crippen LogP contribution in [0.25, 0.3) is 0 Å². The Labute approximate surface area is 152 Å². The van der Waals surface area contributed by atoms with E-state index in [0.717, 1.165) is 30.2 Å². The number of ether oxygens (including phenoxy) is 2. The Balaban J connectivity index is 1.84. The van der Waals surface area contributed by atoms with E-state index in [1.165, 1.54) is 36.8 Å². The van der Waals surface area contributed by atoms with Crippen LogP contribution in [0.1, 0.15) is 49.3 Å². The molecule has 0 aliphatic carbocycles. The second-order valence-electron chi connectivity index (χ2n) is 6.50. The molecule has 1 N–H and O–H groups in total. The van der Waals surface area contributed by atoms with Crippen molar-refractivity contribution in [2.75, 3.05) is 13.7 Å². The maximum absolute atomic E-state index is 5.93. The van der Waals surface area contributed by atoms with Crippen molar-refractivity contribution in [1.82, 2.24) is 5.32 Å². The Kier molecular flexibility index (Phi) is 8.33. The summed E-state index contributed by atoms with van der Waals surface area (Å²) in [4.78, 5) is 0. The van der Waals surface area contributed by atoms with E-state index in [2.05, 4.69) is 55.6 Å². The molecular formula is C22H31NO2. The highest BCUT2D eigenvalue weighted by molar-refractivity contribution is 5.43. The highest BCUT2D eigenvalue weighted by Gasteiger charge is 2.06. The van der Waals surface area contributed by atoms with E-state index in [9.17, 15) is 0 Å². The third-order valence-electron chi connectivity index (χ3n) is 4.28. The largest absolute Gasteiger partial charge is 0.493 e. The number of rotatable bonds is 11. The number of hydrogen-bond acceptors (Lipinski definition) is 3. The Morgan fingerprint density at radius 2 is 1.64 bits per heavy atom. The first-order valence-electron chi connectivity index (χ1n) is 9.29. The van der Waals surface area contributed by atoms with Gasteiger partial charge in [0.1, 0.15) is 6.61 Å². The summed E-state index contributed by atoms with van der Waals surface area (Å²) in [5.74, 6) is 1.58. The second-order valence-corrected chi connectivity index (χ2v) is 6.50. The molecule has 0 atom stereocenters. The molecule has 0 radical (unpaired) electrons. The smallest absolute Gasteiger partial charge is 0.161 e. The highest BCUT2D eigenvalue weighted by atomic mass is 16.5. The molecule has 0 unspecified atom stereocenters. The molecular weight excluding hydrogens is 310 g/mol. The number of aryl methyl sites for hydroxylation is 1. The van der Waals surface area contributed by atoms with Gasteiger partial charge in [-0.1, -0.05) is 62.1 Å². The standard InChI is InChI=1S/C22H31NO2/c1-4-5-6-7-14-23-16-20-12-13-21(22(15-20)24-3)25-17-19-10-8-18(2)9-11-19/h8-13,15,23H,4-7,14,16-17H2,1-3H3. The van der Waals surface area contributed by atoms with Crippen molar-refractivity contribution in [3.05, 3.63) is 59.2 Å².